The van der Waals surface area contributed by atoms with Crippen LogP contribution in [0.25, 0.3) is 16.7 Å². The number of rotatable bonds is 7. The topological polar surface area (TPSA) is 109 Å². The molecule has 0 aliphatic rings. The number of halogens is 1. The molecule has 0 spiro atoms. The summed E-state index contributed by atoms with van der Waals surface area (Å²) in [7, 11) is 0. The Morgan fingerprint density at radius 1 is 1.28 bits per heavy atom. The van der Waals surface area contributed by atoms with Crippen molar-refractivity contribution in [3.05, 3.63) is 64.7 Å². The van der Waals surface area contributed by atoms with Gasteiger partial charge in [0.25, 0.3) is 0 Å². The minimum atomic E-state index is -0.191. The van der Waals surface area contributed by atoms with E-state index in [4.69, 9.17) is 21.7 Å². The highest BCUT2D eigenvalue weighted by Crippen LogP contribution is 2.23. The number of carbonyl (C=O) groups excluding carboxylic acids is 1. The summed E-state index contributed by atoms with van der Waals surface area (Å²) in [5.41, 5.74) is 2.76. The number of aromatic nitrogens is 4. The molecule has 0 unspecified atom stereocenters. The zero-order valence-corrected chi connectivity index (χ0v) is 19.0. The molecular weight excluding hydrogens is 448 g/mol. The summed E-state index contributed by atoms with van der Waals surface area (Å²) in [4.78, 5) is 17.2. The van der Waals surface area contributed by atoms with E-state index in [1.54, 1.807) is 41.0 Å². The van der Waals surface area contributed by atoms with Gasteiger partial charge >= 0.3 is 0 Å². The lowest BCUT2D eigenvalue weighted by Crippen LogP contribution is -2.23. The van der Waals surface area contributed by atoms with Crippen molar-refractivity contribution in [3.8, 4) is 11.4 Å². The summed E-state index contributed by atoms with van der Waals surface area (Å²) in [5.74, 6) is 0.662. The van der Waals surface area contributed by atoms with Crippen molar-refractivity contribution in [2.24, 2.45) is 0 Å². The van der Waals surface area contributed by atoms with Gasteiger partial charge in [0, 0.05) is 16.4 Å². The van der Waals surface area contributed by atoms with E-state index in [2.05, 4.69) is 20.5 Å². The zero-order valence-electron chi connectivity index (χ0n) is 17.5. The number of amides is 1. The van der Waals surface area contributed by atoms with Crippen LogP contribution in [0.4, 0.5) is 5.69 Å². The van der Waals surface area contributed by atoms with Crippen LogP contribution in [0, 0.1) is 12.3 Å². The zero-order chi connectivity index (χ0) is 22.7. The second kappa shape index (κ2) is 9.46. The van der Waals surface area contributed by atoms with Gasteiger partial charge in [0.1, 0.15) is 11.2 Å². The van der Waals surface area contributed by atoms with Crippen molar-refractivity contribution < 1.29 is 9.53 Å². The number of aryl methyl sites for hydroxylation is 1. The maximum atomic E-state index is 12.6. The summed E-state index contributed by atoms with van der Waals surface area (Å²) < 4.78 is 7.09. The van der Waals surface area contributed by atoms with Gasteiger partial charge in [-0.1, -0.05) is 29.4 Å². The first-order valence-corrected chi connectivity index (χ1v) is 11.3. The van der Waals surface area contributed by atoms with E-state index in [-0.39, 0.29) is 17.1 Å². The second-order valence-electron chi connectivity index (χ2n) is 6.90. The van der Waals surface area contributed by atoms with Crippen molar-refractivity contribution in [2.75, 3.05) is 17.7 Å². The van der Waals surface area contributed by atoms with Crippen molar-refractivity contribution in [3.63, 3.8) is 0 Å². The van der Waals surface area contributed by atoms with E-state index in [9.17, 15) is 4.79 Å². The Balaban J connectivity index is 1.60. The molecule has 0 bridgehead atoms. The van der Waals surface area contributed by atoms with Crippen LogP contribution in [0.1, 0.15) is 12.6 Å². The molecule has 0 aliphatic carbocycles. The molecule has 3 N–H and O–H groups in total. The number of carbonyl (C=O) groups is 1. The van der Waals surface area contributed by atoms with E-state index in [1.807, 2.05) is 26.0 Å². The fourth-order valence-corrected chi connectivity index (χ4v) is 4.20. The number of hydrogen-bond acceptors (Lipinski definition) is 6. The lowest BCUT2D eigenvalue weighted by atomic mass is 10.3. The first-order chi connectivity index (χ1) is 15.5. The number of nitrogens with one attached hydrogen (secondary N) is 3. The minimum absolute atomic E-state index is 0.106. The number of hydrogen-bond donors (Lipinski definition) is 3. The summed E-state index contributed by atoms with van der Waals surface area (Å²) in [5, 5.41) is 20.3. The van der Waals surface area contributed by atoms with E-state index >= 15 is 0 Å². The highest BCUT2D eigenvalue weighted by molar-refractivity contribution is 7.99. The molecule has 2 aromatic carbocycles. The highest BCUT2D eigenvalue weighted by Gasteiger charge is 2.16. The molecule has 32 heavy (non-hydrogen) atoms. The van der Waals surface area contributed by atoms with Crippen molar-refractivity contribution in [1.82, 2.24) is 19.7 Å². The Labute approximate surface area is 193 Å². The molecule has 4 aromatic rings. The number of H-pyrrole nitrogens is 1. The fraction of sp³-hybridized carbons (Fsp3) is 0.182. The predicted molar refractivity (Wildman–Crippen MR) is 126 cm³/mol. The Bertz CT molecular complexity index is 1330. The monoisotopic (exact) mass is 468 g/mol. The molecular formula is C22H21ClN6O2S. The molecule has 10 heteroatoms. The molecule has 2 aromatic heterocycles. The number of thioether (sulfide) groups is 1. The lowest BCUT2D eigenvalue weighted by molar-refractivity contribution is -0.113. The quantitative estimate of drug-likeness (QED) is 0.276. The van der Waals surface area contributed by atoms with Crippen LogP contribution >= 0.6 is 23.4 Å². The van der Waals surface area contributed by atoms with E-state index in [0.717, 1.165) is 11.4 Å². The molecule has 0 radical (unpaired) electrons. The maximum absolute atomic E-state index is 12.6. The van der Waals surface area contributed by atoms with Gasteiger partial charge in [0.05, 0.1) is 23.4 Å². The van der Waals surface area contributed by atoms with Crippen LogP contribution in [0.3, 0.4) is 0 Å². The van der Waals surface area contributed by atoms with Gasteiger partial charge in [-0.3, -0.25) is 19.9 Å². The smallest absolute Gasteiger partial charge is 0.234 e. The van der Waals surface area contributed by atoms with Crippen LogP contribution in [-0.2, 0) is 4.79 Å². The SMILES string of the molecule is CCOc1ccc(NC(=O)CSc2nc3n[nH]c(C)c3c(=N)n2-c2cccc(Cl)c2)cc1. The average Bonchev–Trinajstić information content (AvgIpc) is 3.15. The van der Waals surface area contributed by atoms with Crippen LogP contribution in [0.5, 0.6) is 5.75 Å². The molecule has 0 saturated carbocycles. The number of anilines is 1. The third-order valence-electron chi connectivity index (χ3n) is 4.63. The number of benzene rings is 2. The van der Waals surface area contributed by atoms with Gasteiger partial charge < -0.3 is 10.1 Å². The van der Waals surface area contributed by atoms with Gasteiger partial charge in [-0.2, -0.15) is 5.10 Å². The van der Waals surface area contributed by atoms with E-state index < -0.39 is 0 Å². The minimum Gasteiger partial charge on any atom is -0.494 e. The molecule has 1 amide bonds. The number of nitrogens with zero attached hydrogens (tertiary/aromatic N) is 3. The van der Waals surface area contributed by atoms with Crippen LogP contribution < -0.4 is 15.5 Å². The second-order valence-corrected chi connectivity index (χ2v) is 8.28. The average molecular weight is 469 g/mol. The lowest BCUT2D eigenvalue weighted by Gasteiger charge is -2.14. The maximum Gasteiger partial charge on any atom is 0.234 e. The van der Waals surface area contributed by atoms with Gasteiger partial charge in [-0.15, -0.1) is 0 Å². The molecule has 164 valence electrons. The Hall–Kier alpha value is -3.30. The first kappa shape index (κ1) is 21.9. The molecule has 0 saturated heterocycles. The summed E-state index contributed by atoms with van der Waals surface area (Å²) in [6, 6.07) is 14.4. The predicted octanol–water partition coefficient (Wildman–Crippen LogP) is 4.32. The largest absolute Gasteiger partial charge is 0.494 e. The highest BCUT2D eigenvalue weighted by atomic mass is 35.5. The fourth-order valence-electron chi connectivity index (χ4n) is 3.21. The molecule has 0 atom stereocenters. The molecule has 2 heterocycles. The van der Waals surface area contributed by atoms with Crippen molar-refractivity contribution >= 4 is 46.0 Å². The van der Waals surface area contributed by atoms with Gasteiger partial charge in [-0.25, -0.2) is 4.98 Å². The molecule has 0 fully saturated rings. The van der Waals surface area contributed by atoms with Gasteiger partial charge in [0.15, 0.2) is 10.8 Å². The van der Waals surface area contributed by atoms with Crippen molar-refractivity contribution in [1.29, 1.82) is 5.41 Å². The summed E-state index contributed by atoms with van der Waals surface area (Å²) in [6.07, 6.45) is 0. The number of ether oxygens (including phenoxy) is 1. The van der Waals surface area contributed by atoms with Crippen LogP contribution in [-0.4, -0.2) is 38.0 Å². The summed E-state index contributed by atoms with van der Waals surface area (Å²) >= 11 is 7.41. The Morgan fingerprint density at radius 2 is 2.06 bits per heavy atom. The molecule has 8 nitrogen and oxygen atoms in total. The number of fused-ring (bicyclic) bond motifs is 1. The Morgan fingerprint density at radius 3 is 2.78 bits per heavy atom. The number of aromatic amines is 1. The van der Waals surface area contributed by atoms with Gasteiger partial charge in [-0.05, 0) is 56.3 Å². The summed E-state index contributed by atoms with van der Waals surface area (Å²) in [6.45, 7) is 4.34. The Kier molecular flexibility index (Phi) is 6.48. The third kappa shape index (κ3) is 4.63. The van der Waals surface area contributed by atoms with Crippen LogP contribution in [0.15, 0.2) is 53.7 Å². The van der Waals surface area contributed by atoms with E-state index in [0.29, 0.717) is 39.2 Å². The first-order valence-electron chi connectivity index (χ1n) is 9.90. The molecule has 0 aliphatic heterocycles. The third-order valence-corrected chi connectivity index (χ3v) is 5.80. The molecule has 4 rings (SSSR count). The van der Waals surface area contributed by atoms with Crippen molar-refractivity contribution in [2.45, 2.75) is 19.0 Å². The standard InChI is InChI=1S/C22H21ClN6O2S/c1-3-31-17-9-7-15(8-10-17)25-18(30)12-32-22-26-21-19(13(2)27-28-21)20(24)29(22)16-6-4-5-14(23)11-16/h4-11,24H,3,12H2,1-2H3,(H,25,30)(H,27,28). The van der Waals surface area contributed by atoms with Gasteiger partial charge in [0.2, 0.25) is 5.91 Å². The van der Waals surface area contributed by atoms with Crippen LogP contribution in [0.2, 0.25) is 5.02 Å². The van der Waals surface area contributed by atoms with E-state index in [1.165, 1.54) is 11.8 Å². The normalized spacial score (nSPS) is 11.0.